The fourth-order valence-corrected chi connectivity index (χ4v) is 4.77. The highest BCUT2D eigenvalue weighted by molar-refractivity contribution is 7.16. The van der Waals surface area contributed by atoms with Gasteiger partial charge in [0, 0.05) is 12.1 Å². The zero-order chi connectivity index (χ0) is 23.1. The molecule has 2 aromatic rings. The summed E-state index contributed by atoms with van der Waals surface area (Å²) in [5.74, 6) is 0.386. The first kappa shape index (κ1) is 24.7. The van der Waals surface area contributed by atoms with Crippen molar-refractivity contribution in [2.24, 2.45) is 5.92 Å². The van der Waals surface area contributed by atoms with Gasteiger partial charge in [0.1, 0.15) is 23.2 Å². The molecule has 32 heavy (non-hydrogen) atoms. The monoisotopic (exact) mass is 467 g/mol. The Labute approximate surface area is 193 Å². The quantitative estimate of drug-likeness (QED) is 0.541. The zero-order valence-corrected chi connectivity index (χ0v) is 20.1. The van der Waals surface area contributed by atoms with Crippen LogP contribution in [-0.4, -0.2) is 47.3 Å². The first-order valence-electron chi connectivity index (χ1n) is 11.8. The third-order valence-electron chi connectivity index (χ3n) is 6.26. The molecule has 1 aliphatic carbocycles. The molecule has 178 valence electrons. The maximum absolute atomic E-state index is 13.6. The average molecular weight is 468 g/mol. The van der Waals surface area contributed by atoms with Gasteiger partial charge in [0.2, 0.25) is 0 Å². The first-order valence-corrected chi connectivity index (χ1v) is 12.6. The van der Waals surface area contributed by atoms with E-state index in [2.05, 4.69) is 17.2 Å². The normalized spacial score (nSPS) is 19.0. The number of amides is 2. The van der Waals surface area contributed by atoms with Gasteiger partial charge in [0.15, 0.2) is 0 Å². The van der Waals surface area contributed by atoms with E-state index >= 15 is 0 Å². The Morgan fingerprint density at radius 1 is 1.28 bits per heavy atom. The van der Waals surface area contributed by atoms with Crippen LogP contribution in [0.2, 0.25) is 0 Å². The zero-order valence-electron chi connectivity index (χ0n) is 19.3. The van der Waals surface area contributed by atoms with Crippen LogP contribution in [0.1, 0.15) is 65.7 Å². The molecule has 0 bridgehead atoms. The minimum atomic E-state index is -0.630. The maximum atomic E-state index is 13.6. The van der Waals surface area contributed by atoms with Crippen LogP contribution in [0.4, 0.5) is 13.6 Å². The number of rotatable bonds is 6. The highest BCUT2D eigenvalue weighted by atomic mass is 32.1. The topological polar surface area (TPSA) is 54.5 Å². The molecule has 4 rings (SSSR count). The Morgan fingerprint density at radius 2 is 2.00 bits per heavy atom. The van der Waals surface area contributed by atoms with E-state index in [0.717, 1.165) is 30.4 Å². The standard InChI is InChI=1S/C17H20FN3O2S.C7H15F/c18-11-6-14(16-15(7-11)24-10-19-16)23-13-8-21(9-13)17(22)20-12-4-2-1-3-5-12;1-4-5-6(2)7(3)8/h6-7,10,12-13H,1-5,8-9H2,(H,20,22);6-7H,4-5H2,1-3H3. The molecule has 0 radical (unpaired) electrons. The minimum absolute atomic E-state index is 0.0141. The van der Waals surface area contributed by atoms with Gasteiger partial charge in [-0.3, -0.25) is 0 Å². The summed E-state index contributed by atoms with van der Waals surface area (Å²) in [6.45, 7) is 6.72. The Balaban J connectivity index is 0.000000312. The van der Waals surface area contributed by atoms with E-state index in [1.165, 1.54) is 42.7 Å². The summed E-state index contributed by atoms with van der Waals surface area (Å²) in [4.78, 5) is 18.2. The van der Waals surface area contributed by atoms with Gasteiger partial charge >= 0.3 is 6.03 Å². The van der Waals surface area contributed by atoms with E-state index in [-0.39, 0.29) is 23.9 Å². The number of aromatic nitrogens is 1. The molecule has 2 fully saturated rings. The lowest BCUT2D eigenvalue weighted by Crippen LogP contribution is -2.60. The second-order valence-corrected chi connectivity index (χ2v) is 9.86. The number of thiazole rings is 1. The molecule has 2 heterocycles. The Bertz CT molecular complexity index is 864. The van der Waals surface area contributed by atoms with Crippen molar-refractivity contribution in [3.05, 3.63) is 23.5 Å². The third-order valence-corrected chi connectivity index (χ3v) is 7.03. The van der Waals surface area contributed by atoms with Crippen LogP contribution in [0, 0.1) is 11.7 Å². The number of urea groups is 1. The molecule has 1 aromatic carbocycles. The molecule has 1 aromatic heterocycles. The molecule has 2 aliphatic rings. The SMILES string of the molecule is CCCC(C)C(C)F.O=C(NC1CCCCC1)N1CC(Oc2cc(F)cc3scnc23)C1. The van der Waals surface area contributed by atoms with Crippen LogP contribution in [0.25, 0.3) is 10.2 Å². The van der Waals surface area contributed by atoms with Gasteiger partial charge in [0.05, 0.1) is 29.5 Å². The van der Waals surface area contributed by atoms with Gasteiger partial charge < -0.3 is 15.0 Å². The van der Waals surface area contributed by atoms with Crippen LogP contribution >= 0.6 is 11.3 Å². The first-order chi connectivity index (χ1) is 15.4. The van der Waals surface area contributed by atoms with Crippen LogP contribution < -0.4 is 10.1 Å². The molecular formula is C24H35F2N3O2S. The molecule has 0 spiro atoms. The Morgan fingerprint density at radius 3 is 2.62 bits per heavy atom. The fraction of sp³-hybridized carbons (Fsp3) is 0.667. The number of hydrogen-bond donors (Lipinski definition) is 1. The number of likely N-dealkylation sites (tertiary alicyclic amines) is 1. The van der Waals surface area contributed by atoms with Crippen molar-refractivity contribution < 1.29 is 18.3 Å². The van der Waals surface area contributed by atoms with Crippen molar-refractivity contribution >= 4 is 27.6 Å². The maximum Gasteiger partial charge on any atom is 0.317 e. The van der Waals surface area contributed by atoms with E-state index in [4.69, 9.17) is 4.74 Å². The largest absolute Gasteiger partial charge is 0.484 e. The summed E-state index contributed by atoms with van der Waals surface area (Å²) in [5.41, 5.74) is 2.37. The van der Waals surface area contributed by atoms with Crippen LogP contribution in [0.15, 0.2) is 17.6 Å². The third kappa shape index (κ3) is 6.77. The number of ether oxygens (including phenoxy) is 1. The molecule has 1 saturated carbocycles. The predicted molar refractivity (Wildman–Crippen MR) is 126 cm³/mol. The summed E-state index contributed by atoms with van der Waals surface area (Å²) >= 11 is 1.39. The number of alkyl halides is 1. The van der Waals surface area contributed by atoms with Crippen molar-refractivity contribution in [3.63, 3.8) is 0 Å². The summed E-state index contributed by atoms with van der Waals surface area (Å²) in [6, 6.07) is 3.13. The minimum Gasteiger partial charge on any atom is -0.484 e. The van der Waals surface area contributed by atoms with Gasteiger partial charge in [-0.05, 0) is 38.2 Å². The lowest BCUT2D eigenvalue weighted by molar-refractivity contribution is 0.0437. The van der Waals surface area contributed by atoms with E-state index in [0.29, 0.717) is 30.4 Å². The summed E-state index contributed by atoms with van der Waals surface area (Å²) in [7, 11) is 0. The second-order valence-electron chi connectivity index (χ2n) is 8.98. The second kappa shape index (κ2) is 11.8. The van der Waals surface area contributed by atoms with Crippen molar-refractivity contribution in [3.8, 4) is 5.75 Å². The van der Waals surface area contributed by atoms with Crippen molar-refractivity contribution in [2.45, 2.75) is 84.0 Å². The summed E-state index contributed by atoms with van der Waals surface area (Å²) in [6.07, 6.45) is 7.18. The van der Waals surface area contributed by atoms with Crippen molar-refractivity contribution in [1.29, 1.82) is 0 Å². The molecule has 8 heteroatoms. The van der Waals surface area contributed by atoms with Crippen molar-refractivity contribution in [2.75, 3.05) is 13.1 Å². The highest BCUT2D eigenvalue weighted by Gasteiger charge is 2.33. The summed E-state index contributed by atoms with van der Waals surface area (Å²) < 4.78 is 32.5. The van der Waals surface area contributed by atoms with Gasteiger partial charge in [0.25, 0.3) is 0 Å². The number of fused-ring (bicyclic) bond motifs is 1. The highest BCUT2D eigenvalue weighted by Crippen LogP contribution is 2.30. The predicted octanol–water partition coefficient (Wildman–Crippen LogP) is 6.32. The average Bonchev–Trinajstić information content (AvgIpc) is 3.20. The van der Waals surface area contributed by atoms with E-state index in [9.17, 15) is 13.6 Å². The van der Waals surface area contributed by atoms with Crippen LogP contribution in [0.3, 0.4) is 0 Å². The van der Waals surface area contributed by atoms with Crippen molar-refractivity contribution in [1.82, 2.24) is 15.2 Å². The molecule has 1 saturated heterocycles. The van der Waals surface area contributed by atoms with Crippen LogP contribution in [-0.2, 0) is 0 Å². The molecule has 2 unspecified atom stereocenters. The molecule has 2 atom stereocenters. The Kier molecular flexibility index (Phi) is 9.08. The molecule has 1 N–H and O–H groups in total. The molecular weight excluding hydrogens is 432 g/mol. The molecule has 2 amide bonds. The number of halogens is 2. The lowest BCUT2D eigenvalue weighted by atomic mass is 9.95. The van der Waals surface area contributed by atoms with E-state index in [1.54, 1.807) is 17.3 Å². The number of nitrogens with zero attached hydrogens (tertiary/aromatic N) is 2. The molecule has 5 nitrogen and oxygen atoms in total. The van der Waals surface area contributed by atoms with Gasteiger partial charge in [-0.1, -0.05) is 39.5 Å². The van der Waals surface area contributed by atoms with Gasteiger partial charge in [-0.25, -0.2) is 18.6 Å². The van der Waals surface area contributed by atoms with E-state index < -0.39 is 6.17 Å². The number of carbonyl (C=O) groups excluding carboxylic acids is 1. The smallest absolute Gasteiger partial charge is 0.317 e. The summed E-state index contributed by atoms with van der Waals surface area (Å²) in [5, 5.41) is 3.10. The van der Waals surface area contributed by atoms with E-state index in [1.807, 2.05) is 6.92 Å². The van der Waals surface area contributed by atoms with Gasteiger partial charge in [-0.15, -0.1) is 11.3 Å². The van der Waals surface area contributed by atoms with Crippen LogP contribution in [0.5, 0.6) is 5.75 Å². The lowest BCUT2D eigenvalue weighted by Gasteiger charge is -2.40. The number of hydrogen-bond acceptors (Lipinski definition) is 4. The Hall–Kier alpha value is -1.96. The number of nitrogens with one attached hydrogen (secondary N) is 1. The molecule has 1 aliphatic heterocycles. The fourth-order valence-electron chi connectivity index (χ4n) is 4.05. The number of carbonyl (C=O) groups is 1. The van der Waals surface area contributed by atoms with Gasteiger partial charge in [-0.2, -0.15) is 0 Å². The number of benzene rings is 1.